The molecule has 4 aromatic rings. The summed E-state index contributed by atoms with van der Waals surface area (Å²) in [5.41, 5.74) is 4.57. The molecule has 26 heavy (non-hydrogen) atoms. The second-order valence-electron chi connectivity index (χ2n) is 6.24. The number of hydrogen-bond donors (Lipinski definition) is 1. The Kier molecular flexibility index (Phi) is 4.88. The van der Waals surface area contributed by atoms with Crippen molar-refractivity contribution < 1.29 is 0 Å². The van der Waals surface area contributed by atoms with Crippen LogP contribution in [0.25, 0.3) is 21.6 Å². The Morgan fingerprint density at radius 2 is 1.81 bits per heavy atom. The van der Waals surface area contributed by atoms with Crippen LogP contribution in [0.3, 0.4) is 0 Å². The summed E-state index contributed by atoms with van der Waals surface area (Å²) < 4.78 is 1.13. The molecule has 0 aliphatic rings. The number of fused-ring (bicyclic) bond motifs is 1. The fraction of sp³-hybridized carbons (Fsp3) is 0.190. The van der Waals surface area contributed by atoms with Gasteiger partial charge in [-0.05, 0) is 48.4 Å². The molecule has 130 valence electrons. The van der Waals surface area contributed by atoms with Gasteiger partial charge in [0.05, 0.1) is 10.2 Å². The summed E-state index contributed by atoms with van der Waals surface area (Å²) in [5.74, 6) is 1.67. The van der Waals surface area contributed by atoms with E-state index in [9.17, 15) is 0 Å². The number of benzene rings is 1. The molecule has 0 spiro atoms. The second kappa shape index (κ2) is 7.62. The fourth-order valence-electron chi connectivity index (χ4n) is 2.93. The van der Waals surface area contributed by atoms with Crippen LogP contribution in [0.5, 0.6) is 0 Å². The highest BCUT2D eigenvalue weighted by Crippen LogP contribution is 2.31. The van der Waals surface area contributed by atoms with E-state index < -0.39 is 0 Å². The van der Waals surface area contributed by atoms with Crippen LogP contribution in [0.4, 0.5) is 5.82 Å². The molecule has 0 saturated carbocycles. The van der Waals surface area contributed by atoms with Gasteiger partial charge in [0.2, 0.25) is 0 Å². The molecule has 0 aliphatic carbocycles. The van der Waals surface area contributed by atoms with E-state index in [-0.39, 0.29) is 0 Å². The fourth-order valence-corrected chi connectivity index (χ4v) is 3.88. The zero-order valence-corrected chi connectivity index (χ0v) is 15.5. The standard InChI is InChI=1S/C21H20N4S/c1-15-14-26-19-18(15)24-20(17-9-12-22-13-10-17)25-21(19)23-11-5-8-16-6-3-2-4-7-16/h2-4,6-7,9-10,12-14H,5,8,11H2,1H3,(H,23,24,25). The van der Waals surface area contributed by atoms with Crippen LogP contribution in [0.1, 0.15) is 17.5 Å². The Hall–Kier alpha value is -2.79. The number of pyridine rings is 1. The molecule has 1 N–H and O–H groups in total. The predicted octanol–water partition coefficient (Wildman–Crippen LogP) is 5.11. The van der Waals surface area contributed by atoms with Gasteiger partial charge in [-0.25, -0.2) is 9.97 Å². The molecule has 0 bridgehead atoms. The van der Waals surface area contributed by atoms with E-state index in [1.807, 2.05) is 12.1 Å². The molecule has 0 atom stereocenters. The summed E-state index contributed by atoms with van der Waals surface area (Å²) in [7, 11) is 0. The van der Waals surface area contributed by atoms with Gasteiger partial charge in [0.15, 0.2) is 5.82 Å². The second-order valence-corrected chi connectivity index (χ2v) is 7.12. The normalized spacial score (nSPS) is 11.0. The molecule has 0 unspecified atom stereocenters. The maximum absolute atomic E-state index is 4.79. The first-order chi connectivity index (χ1) is 12.8. The Morgan fingerprint density at radius 1 is 1.00 bits per heavy atom. The lowest BCUT2D eigenvalue weighted by molar-refractivity contribution is 0.860. The number of nitrogens with zero attached hydrogens (tertiary/aromatic N) is 3. The van der Waals surface area contributed by atoms with Crippen LogP contribution in [0, 0.1) is 6.92 Å². The number of nitrogens with one attached hydrogen (secondary N) is 1. The van der Waals surface area contributed by atoms with E-state index in [1.54, 1.807) is 23.7 Å². The Morgan fingerprint density at radius 3 is 2.62 bits per heavy atom. The van der Waals surface area contributed by atoms with E-state index in [4.69, 9.17) is 9.97 Å². The zero-order chi connectivity index (χ0) is 17.8. The number of hydrogen-bond acceptors (Lipinski definition) is 5. The van der Waals surface area contributed by atoms with Crippen LogP contribution >= 0.6 is 11.3 Å². The minimum atomic E-state index is 0.743. The smallest absolute Gasteiger partial charge is 0.162 e. The Balaban J connectivity index is 1.55. The van der Waals surface area contributed by atoms with Crippen molar-refractivity contribution in [1.29, 1.82) is 0 Å². The monoisotopic (exact) mass is 360 g/mol. The number of anilines is 1. The highest BCUT2D eigenvalue weighted by atomic mass is 32.1. The van der Waals surface area contributed by atoms with Gasteiger partial charge in [-0.15, -0.1) is 11.3 Å². The first kappa shape index (κ1) is 16.7. The molecule has 3 heterocycles. The van der Waals surface area contributed by atoms with Crippen LogP contribution < -0.4 is 5.32 Å². The van der Waals surface area contributed by atoms with E-state index in [0.717, 1.165) is 46.8 Å². The molecule has 0 aliphatic heterocycles. The van der Waals surface area contributed by atoms with E-state index in [2.05, 4.69) is 52.9 Å². The summed E-state index contributed by atoms with van der Waals surface area (Å²) in [6.07, 6.45) is 5.67. The third-order valence-corrected chi connectivity index (χ3v) is 5.40. The van der Waals surface area contributed by atoms with Gasteiger partial charge >= 0.3 is 0 Å². The van der Waals surface area contributed by atoms with Crippen molar-refractivity contribution in [2.75, 3.05) is 11.9 Å². The minimum Gasteiger partial charge on any atom is -0.369 e. The zero-order valence-electron chi connectivity index (χ0n) is 14.6. The van der Waals surface area contributed by atoms with Gasteiger partial charge in [0.1, 0.15) is 5.82 Å². The van der Waals surface area contributed by atoms with E-state index >= 15 is 0 Å². The first-order valence-corrected chi connectivity index (χ1v) is 9.63. The number of aromatic nitrogens is 3. The SMILES string of the molecule is Cc1csc2c(NCCCc3ccccc3)nc(-c3ccncc3)nc12. The third kappa shape index (κ3) is 3.58. The van der Waals surface area contributed by atoms with Gasteiger partial charge in [-0.2, -0.15) is 0 Å². The van der Waals surface area contributed by atoms with Crippen molar-refractivity contribution in [3.8, 4) is 11.4 Å². The number of rotatable bonds is 6. The third-order valence-electron chi connectivity index (χ3n) is 4.31. The number of aryl methyl sites for hydroxylation is 2. The maximum Gasteiger partial charge on any atom is 0.162 e. The molecule has 5 heteroatoms. The minimum absolute atomic E-state index is 0.743. The summed E-state index contributed by atoms with van der Waals surface area (Å²) >= 11 is 1.70. The van der Waals surface area contributed by atoms with Crippen molar-refractivity contribution in [3.05, 3.63) is 71.4 Å². The first-order valence-electron chi connectivity index (χ1n) is 8.75. The molecule has 4 rings (SSSR count). The van der Waals surface area contributed by atoms with Crippen LogP contribution in [0.15, 0.2) is 60.2 Å². The average Bonchev–Trinajstić information content (AvgIpc) is 3.08. The summed E-state index contributed by atoms with van der Waals surface area (Å²) in [6.45, 7) is 2.98. The lowest BCUT2D eigenvalue weighted by Gasteiger charge is -2.09. The highest BCUT2D eigenvalue weighted by molar-refractivity contribution is 7.18. The van der Waals surface area contributed by atoms with Crippen molar-refractivity contribution in [2.45, 2.75) is 19.8 Å². The van der Waals surface area contributed by atoms with Crippen molar-refractivity contribution >= 4 is 27.4 Å². The predicted molar refractivity (Wildman–Crippen MR) is 109 cm³/mol. The van der Waals surface area contributed by atoms with Gasteiger partial charge in [-0.1, -0.05) is 30.3 Å². The molecule has 3 aromatic heterocycles. The van der Waals surface area contributed by atoms with Crippen molar-refractivity contribution in [3.63, 3.8) is 0 Å². The number of thiophene rings is 1. The van der Waals surface area contributed by atoms with E-state index in [1.165, 1.54) is 11.1 Å². The molecule has 0 amide bonds. The van der Waals surface area contributed by atoms with E-state index in [0.29, 0.717) is 0 Å². The quantitative estimate of drug-likeness (QED) is 0.486. The van der Waals surface area contributed by atoms with Gasteiger partial charge in [-0.3, -0.25) is 4.98 Å². The maximum atomic E-state index is 4.79. The van der Waals surface area contributed by atoms with Gasteiger partial charge in [0, 0.05) is 24.5 Å². The van der Waals surface area contributed by atoms with Crippen molar-refractivity contribution in [2.24, 2.45) is 0 Å². The molecular formula is C21H20N4S. The highest BCUT2D eigenvalue weighted by Gasteiger charge is 2.12. The summed E-state index contributed by atoms with van der Waals surface area (Å²) in [6, 6.07) is 14.5. The van der Waals surface area contributed by atoms with Gasteiger partial charge < -0.3 is 5.32 Å². The van der Waals surface area contributed by atoms with Crippen LogP contribution in [-0.4, -0.2) is 21.5 Å². The molecule has 0 saturated heterocycles. The summed E-state index contributed by atoms with van der Waals surface area (Å²) in [4.78, 5) is 13.6. The molecule has 4 nitrogen and oxygen atoms in total. The molecular weight excluding hydrogens is 340 g/mol. The summed E-state index contributed by atoms with van der Waals surface area (Å²) in [5, 5.41) is 5.67. The van der Waals surface area contributed by atoms with Gasteiger partial charge in [0.25, 0.3) is 0 Å². The molecule has 1 aromatic carbocycles. The Bertz CT molecular complexity index is 997. The average molecular weight is 360 g/mol. The largest absolute Gasteiger partial charge is 0.369 e. The lowest BCUT2D eigenvalue weighted by atomic mass is 10.1. The molecule has 0 fully saturated rings. The van der Waals surface area contributed by atoms with Crippen LogP contribution in [-0.2, 0) is 6.42 Å². The lowest BCUT2D eigenvalue weighted by Crippen LogP contribution is -2.06. The topological polar surface area (TPSA) is 50.7 Å². The Labute approximate surface area is 157 Å². The van der Waals surface area contributed by atoms with Crippen LogP contribution in [0.2, 0.25) is 0 Å². The van der Waals surface area contributed by atoms with Crippen molar-refractivity contribution in [1.82, 2.24) is 15.0 Å². The molecule has 0 radical (unpaired) electrons.